The lowest BCUT2D eigenvalue weighted by molar-refractivity contribution is -0.924. The summed E-state index contributed by atoms with van der Waals surface area (Å²) < 4.78 is 19.1. The fraction of sp³-hybridized carbons (Fsp3) is 0.714. The molecule has 0 saturated heterocycles. The Morgan fingerprint density at radius 2 is 2.00 bits per heavy atom. The second-order valence-corrected chi connectivity index (χ2v) is 9.29. The van der Waals surface area contributed by atoms with Crippen molar-refractivity contribution in [1.29, 1.82) is 0 Å². The number of likely N-dealkylation sites (N-methyl/N-ethyl adjacent to an activating group) is 1. The van der Waals surface area contributed by atoms with Gasteiger partial charge in [-0.25, -0.2) is 0 Å². The highest BCUT2D eigenvalue weighted by atomic mass is 16.7. The van der Waals surface area contributed by atoms with Crippen LogP contribution in [0.1, 0.15) is 54.8 Å². The minimum atomic E-state index is -0.946. The molecule has 1 N–H and O–H groups in total. The number of hydrogen-bond acceptors (Lipinski definition) is 4. The minimum Gasteiger partial charge on any atom is -0.493 e. The van der Waals surface area contributed by atoms with Gasteiger partial charge in [0.25, 0.3) is 0 Å². The summed E-state index contributed by atoms with van der Waals surface area (Å²) in [5.74, 6) is 0.675. The minimum absolute atomic E-state index is 0.0370. The van der Waals surface area contributed by atoms with Crippen molar-refractivity contribution in [2.45, 2.75) is 61.9 Å². The Balaban J connectivity index is 1.81. The van der Waals surface area contributed by atoms with Gasteiger partial charge < -0.3 is 23.8 Å². The maximum absolute atomic E-state index is 10.7. The average molecular weight is 360 g/mol. The Kier molecular flexibility index (Phi) is 3.34. The molecule has 4 atom stereocenters. The molecule has 5 heteroatoms. The van der Waals surface area contributed by atoms with Crippen LogP contribution in [0.2, 0.25) is 0 Å². The van der Waals surface area contributed by atoms with Crippen LogP contribution < -0.4 is 9.47 Å². The van der Waals surface area contributed by atoms with E-state index in [1.165, 1.54) is 23.1 Å². The summed E-state index contributed by atoms with van der Waals surface area (Å²) in [7, 11) is 8.08. The van der Waals surface area contributed by atoms with Crippen molar-refractivity contribution in [3.05, 3.63) is 22.8 Å². The van der Waals surface area contributed by atoms with Crippen molar-refractivity contribution < 1.29 is 23.8 Å². The third-order valence-electron chi connectivity index (χ3n) is 7.76. The van der Waals surface area contributed by atoms with Crippen LogP contribution in [-0.4, -0.2) is 56.3 Å². The van der Waals surface area contributed by atoms with Gasteiger partial charge >= 0.3 is 0 Å². The first-order valence-electron chi connectivity index (χ1n) is 9.85. The first-order chi connectivity index (χ1) is 12.4. The van der Waals surface area contributed by atoms with E-state index in [0.29, 0.717) is 6.04 Å². The van der Waals surface area contributed by atoms with Crippen LogP contribution >= 0.6 is 0 Å². The monoisotopic (exact) mass is 360 g/mol. The number of nitrogens with zero attached hydrogens (tertiary/aromatic N) is 1. The third kappa shape index (κ3) is 1.92. The Morgan fingerprint density at radius 3 is 2.73 bits per heavy atom. The zero-order valence-electron chi connectivity index (χ0n) is 16.3. The molecule has 2 heterocycles. The number of rotatable bonds is 2. The van der Waals surface area contributed by atoms with E-state index in [9.17, 15) is 5.11 Å². The number of hydrogen-bond donors (Lipinski definition) is 1. The number of fused-ring (bicyclic) bond motifs is 1. The molecule has 1 unspecified atom stereocenters. The van der Waals surface area contributed by atoms with E-state index in [-0.39, 0.29) is 5.41 Å². The molecule has 2 aliphatic heterocycles. The predicted octanol–water partition coefficient (Wildman–Crippen LogP) is 2.68. The standard InChI is InChI=1S/C21H30NO4/c1-22(2)10-7-13-11-15(24-3)19-18-17(13)14(22)5-8-20(18)9-6-16(23)21(12-20,25-4)26-19/h11,14,16,23H,5-10,12H2,1-4H3/q+1/t14-,16-,20?,21+/m0/s1. The molecule has 0 radical (unpaired) electrons. The van der Waals surface area contributed by atoms with Gasteiger partial charge in [0.15, 0.2) is 11.5 Å². The molecule has 0 amide bonds. The second kappa shape index (κ2) is 5.15. The number of ether oxygens (including phenoxy) is 3. The van der Waals surface area contributed by atoms with Crippen LogP contribution in [0.25, 0.3) is 0 Å². The highest BCUT2D eigenvalue weighted by molar-refractivity contribution is 5.62. The van der Waals surface area contributed by atoms with Gasteiger partial charge in [0.1, 0.15) is 12.1 Å². The van der Waals surface area contributed by atoms with Gasteiger partial charge in [-0.05, 0) is 30.9 Å². The summed E-state index contributed by atoms with van der Waals surface area (Å²) in [5, 5.41) is 10.7. The first-order valence-corrected chi connectivity index (χ1v) is 9.85. The van der Waals surface area contributed by atoms with E-state index in [1.807, 2.05) is 0 Å². The molecule has 1 spiro atoms. The quantitative estimate of drug-likeness (QED) is 0.824. The van der Waals surface area contributed by atoms with Crippen LogP contribution in [0.4, 0.5) is 0 Å². The molecule has 26 heavy (non-hydrogen) atoms. The SMILES string of the molecule is COc1cc2c3c4c1O[C@]1(OC)CC4(CC[C@@H]1O)CC[C@@H]3[N+](C)(C)CC2. The van der Waals surface area contributed by atoms with Gasteiger partial charge in [0.05, 0.1) is 27.7 Å². The topological polar surface area (TPSA) is 47.9 Å². The highest BCUT2D eigenvalue weighted by Crippen LogP contribution is 2.64. The smallest absolute Gasteiger partial charge is 0.237 e. The molecule has 1 saturated carbocycles. The molecule has 5 rings (SSSR count). The lowest BCUT2D eigenvalue weighted by atomic mass is 9.56. The van der Waals surface area contributed by atoms with Gasteiger partial charge in [0, 0.05) is 42.9 Å². The molecule has 1 fully saturated rings. The van der Waals surface area contributed by atoms with E-state index in [0.717, 1.165) is 54.6 Å². The lowest BCUT2D eigenvalue weighted by Gasteiger charge is -2.58. The van der Waals surface area contributed by atoms with Gasteiger partial charge in [-0.15, -0.1) is 0 Å². The molecule has 4 aliphatic rings. The zero-order valence-corrected chi connectivity index (χ0v) is 16.3. The van der Waals surface area contributed by atoms with Crippen LogP contribution in [-0.2, 0) is 16.6 Å². The normalized spacial score (nSPS) is 39.0. The molecule has 142 valence electrons. The van der Waals surface area contributed by atoms with E-state index in [2.05, 4.69) is 20.2 Å². The summed E-state index contributed by atoms with van der Waals surface area (Å²) in [6.07, 6.45) is 5.26. The summed E-state index contributed by atoms with van der Waals surface area (Å²) in [4.78, 5) is 0. The fourth-order valence-electron chi connectivity index (χ4n) is 6.28. The van der Waals surface area contributed by atoms with E-state index in [1.54, 1.807) is 14.2 Å². The number of quaternary nitrogens is 1. The molecule has 2 bridgehead atoms. The second-order valence-electron chi connectivity index (χ2n) is 9.29. The van der Waals surface area contributed by atoms with Crippen molar-refractivity contribution in [2.24, 2.45) is 0 Å². The Bertz CT molecular complexity index is 776. The van der Waals surface area contributed by atoms with Crippen molar-refractivity contribution in [3.8, 4) is 11.5 Å². The fourth-order valence-corrected chi connectivity index (χ4v) is 6.28. The summed E-state index contributed by atoms with van der Waals surface area (Å²) >= 11 is 0. The van der Waals surface area contributed by atoms with Crippen molar-refractivity contribution in [2.75, 3.05) is 34.9 Å². The first kappa shape index (κ1) is 16.8. The number of methoxy groups -OCH3 is 2. The van der Waals surface area contributed by atoms with Gasteiger partial charge in [-0.2, -0.15) is 0 Å². The van der Waals surface area contributed by atoms with Crippen LogP contribution in [0.5, 0.6) is 11.5 Å². The number of benzene rings is 1. The number of aliphatic hydroxyl groups is 1. The molecular weight excluding hydrogens is 330 g/mol. The van der Waals surface area contributed by atoms with Crippen LogP contribution in [0, 0.1) is 0 Å². The van der Waals surface area contributed by atoms with Gasteiger partial charge in [-0.3, -0.25) is 0 Å². The molecule has 1 aromatic carbocycles. The van der Waals surface area contributed by atoms with Gasteiger partial charge in [-0.1, -0.05) is 0 Å². The molecule has 0 aromatic heterocycles. The Morgan fingerprint density at radius 1 is 1.23 bits per heavy atom. The van der Waals surface area contributed by atoms with E-state index < -0.39 is 11.9 Å². The number of aliphatic hydroxyl groups excluding tert-OH is 1. The van der Waals surface area contributed by atoms with E-state index >= 15 is 0 Å². The van der Waals surface area contributed by atoms with Crippen LogP contribution in [0.15, 0.2) is 6.07 Å². The highest BCUT2D eigenvalue weighted by Gasteiger charge is 2.61. The zero-order chi connectivity index (χ0) is 18.3. The van der Waals surface area contributed by atoms with Gasteiger partial charge in [0.2, 0.25) is 5.79 Å². The molecular formula is C21H30NO4+. The van der Waals surface area contributed by atoms with Crippen LogP contribution in [0.3, 0.4) is 0 Å². The summed E-state index contributed by atoms with van der Waals surface area (Å²) in [6, 6.07) is 2.70. The maximum Gasteiger partial charge on any atom is 0.237 e. The third-order valence-corrected chi connectivity index (χ3v) is 7.76. The van der Waals surface area contributed by atoms with Crippen molar-refractivity contribution >= 4 is 0 Å². The largest absolute Gasteiger partial charge is 0.493 e. The predicted molar refractivity (Wildman–Crippen MR) is 97.6 cm³/mol. The van der Waals surface area contributed by atoms with Crippen molar-refractivity contribution in [1.82, 2.24) is 0 Å². The Hall–Kier alpha value is -1.30. The summed E-state index contributed by atoms with van der Waals surface area (Å²) in [5.41, 5.74) is 4.34. The average Bonchev–Trinajstić information content (AvgIpc) is 2.63. The lowest BCUT2D eigenvalue weighted by Crippen LogP contribution is -2.62. The molecule has 2 aliphatic carbocycles. The van der Waals surface area contributed by atoms with E-state index in [4.69, 9.17) is 14.2 Å². The maximum atomic E-state index is 10.7. The molecule has 1 aromatic rings. The Labute approximate surface area is 155 Å². The van der Waals surface area contributed by atoms with Crippen molar-refractivity contribution in [3.63, 3.8) is 0 Å². The summed E-state index contributed by atoms with van der Waals surface area (Å²) in [6.45, 7) is 1.16. The molecule has 5 nitrogen and oxygen atoms in total.